The number of nitrogens with zero attached hydrogens (tertiary/aromatic N) is 2. The summed E-state index contributed by atoms with van der Waals surface area (Å²) in [5.41, 5.74) is 7.94. The standard InChI is InChI=1S/C14H19N3OS/c1-9(15)13-10(2)16-14(19-13)17(3)11-7-5-6-8-12(11)18-4/h5-9H,15H2,1-4H3. The number of hydrogen-bond donors (Lipinski definition) is 1. The van der Waals surface area contributed by atoms with Crippen LogP contribution in [0, 0.1) is 6.92 Å². The van der Waals surface area contributed by atoms with E-state index >= 15 is 0 Å². The van der Waals surface area contributed by atoms with Crippen LogP contribution in [-0.2, 0) is 0 Å². The van der Waals surface area contributed by atoms with Gasteiger partial charge in [0.05, 0.1) is 18.5 Å². The Hall–Kier alpha value is -1.59. The van der Waals surface area contributed by atoms with Crippen molar-refractivity contribution >= 4 is 22.2 Å². The molecular weight excluding hydrogens is 258 g/mol. The lowest BCUT2D eigenvalue weighted by molar-refractivity contribution is 0.415. The summed E-state index contributed by atoms with van der Waals surface area (Å²) in [6.45, 7) is 3.97. The molecule has 2 rings (SSSR count). The van der Waals surface area contributed by atoms with Crippen LogP contribution in [0.3, 0.4) is 0 Å². The number of thiazole rings is 1. The van der Waals surface area contributed by atoms with Crippen molar-refractivity contribution < 1.29 is 4.74 Å². The maximum atomic E-state index is 5.95. The van der Waals surface area contributed by atoms with Gasteiger partial charge in [-0.15, -0.1) is 0 Å². The molecule has 0 fully saturated rings. The van der Waals surface area contributed by atoms with Crippen LogP contribution in [0.15, 0.2) is 24.3 Å². The molecule has 2 N–H and O–H groups in total. The van der Waals surface area contributed by atoms with Gasteiger partial charge in [-0.05, 0) is 26.0 Å². The number of anilines is 2. The van der Waals surface area contributed by atoms with Crippen LogP contribution in [0.5, 0.6) is 5.75 Å². The number of ether oxygens (including phenoxy) is 1. The van der Waals surface area contributed by atoms with E-state index in [1.165, 1.54) is 0 Å². The van der Waals surface area contributed by atoms with Crippen LogP contribution in [0.4, 0.5) is 10.8 Å². The molecule has 0 spiro atoms. The monoisotopic (exact) mass is 277 g/mol. The molecule has 0 saturated heterocycles. The second-order valence-electron chi connectivity index (χ2n) is 4.47. The van der Waals surface area contributed by atoms with Gasteiger partial charge in [0, 0.05) is 18.0 Å². The highest BCUT2D eigenvalue weighted by atomic mass is 32.1. The van der Waals surface area contributed by atoms with Crippen LogP contribution in [0.25, 0.3) is 0 Å². The molecule has 1 atom stereocenters. The summed E-state index contributed by atoms with van der Waals surface area (Å²) < 4.78 is 5.38. The van der Waals surface area contributed by atoms with Crippen molar-refractivity contribution in [3.8, 4) is 5.75 Å². The molecule has 0 saturated carbocycles. The molecule has 4 nitrogen and oxygen atoms in total. The average molecular weight is 277 g/mol. The van der Waals surface area contributed by atoms with Crippen molar-refractivity contribution in [3.63, 3.8) is 0 Å². The first-order chi connectivity index (χ1) is 9.04. The topological polar surface area (TPSA) is 51.4 Å². The summed E-state index contributed by atoms with van der Waals surface area (Å²) in [7, 11) is 3.66. The van der Waals surface area contributed by atoms with Gasteiger partial charge in [0.1, 0.15) is 5.75 Å². The minimum Gasteiger partial charge on any atom is -0.495 e. The summed E-state index contributed by atoms with van der Waals surface area (Å²) in [6, 6.07) is 7.91. The minimum absolute atomic E-state index is 0.0114. The third-order valence-electron chi connectivity index (χ3n) is 2.97. The van der Waals surface area contributed by atoms with Crippen molar-refractivity contribution in [2.75, 3.05) is 19.1 Å². The van der Waals surface area contributed by atoms with Gasteiger partial charge in [-0.2, -0.15) is 0 Å². The molecule has 1 aromatic heterocycles. The Morgan fingerprint density at radius 3 is 2.63 bits per heavy atom. The molecule has 1 heterocycles. The van der Waals surface area contributed by atoms with Gasteiger partial charge in [0.2, 0.25) is 0 Å². The number of aryl methyl sites for hydroxylation is 1. The van der Waals surface area contributed by atoms with Crippen LogP contribution in [0.1, 0.15) is 23.5 Å². The highest BCUT2D eigenvalue weighted by molar-refractivity contribution is 7.15. The molecule has 5 heteroatoms. The van der Waals surface area contributed by atoms with E-state index < -0.39 is 0 Å². The van der Waals surface area contributed by atoms with Gasteiger partial charge >= 0.3 is 0 Å². The average Bonchev–Trinajstić information content (AvgIpc) is 2.80. The van der Waals surface area contributed by atoms with Gasteiger partial charge in [-0.1, -0.05) is 23.5 Å². The number of hydrogen-bond acceptors (Lipinski definition) is 5. The molecule has 0 aliphatic rings. The van der Waals surface area contributed by atoms with Gasteiger partial charge in [0.15, 0.2) is 5.13 Å². The maximum Gasteiger partial charge on any atom is 0.190 e. The van der Waals surface area contributed by atoms with E-state index in [4.69, 9.17) is 10.5 Å². The Morgan fingerprint density at radius 1 is 1.37 bits per heavy atom. The van der Waals surface area contributed by atoms with E-state index in [0.717, 1.165) is 27.1 Å². The number of rotatable bonds is 4. The molecule has 102 valence electrons. The zero-order valence-corrected chi connectivity index (χ0v) is 12.5. The van der Waals surface area contributed by atoms with Gasteiger partial charge in [-0.3, -0.25) is 0 Å². The minimum atomic E-state index is 0.0114. The first-order valence-electron chi connectivity index (χ1n) is 6.14. The fraction of sp³-hybridized carbons (Fsp3) is 0.357. The van der Waals surface area contributed by atoms with E-state index in [9.17, 15) is 0 Å². The van der Waals surface area contributed by atoms with Crippen molar-refractivity contribution in [1.29, 1.82) is 0 Å². The summed E-state index contributed by atoms with van der Waals surface area (Å²) in [5, 5.41) is 0.925. The highest BCUT2D eigenvalue weighted by Crippen LogP contribution is 2.36. The third-order valence-corrected chi connectivity index (χ3v) is 4.40. The lowest BCUT2D eigenvalue weighted by Gasteiger charge is -2.18. The number of methoxy groups -OCH3 is 1. The second-order valence-corrected chi connectivity index (χ2v) is 5.47. The highest BCUT2D eigenvalue weighted by Gasteiger charge is 2.16. The number of benzene rings is 1. The summed E-state index contributed by atoms with van der Waals surface area (Å²) in [6.07, 6.45) is 0. The lowest BCUT2D eigenvalue weighted by atomic mass is 10.2. The van der Waals surface area contributed by atoms with Crippen LogP contribution in [-0.4, -0.2) is 19.1 Å². The molecule has 0 radical (unpaired) electrons. The molecule has 1 aromatic carbocycles. The normalized spacial score (nSPS) is 12.3. The van der Waals surface area contributed by atoms with E-state index in [-0.39, 0.29) is 6.04 Å². The molecule has 1 unspecified atom stereocenters. The van der Waals surface area contributed by atoms with Crippen molar-refractivity contribution in [1.82, 2.24) is 4.98 Å². The smallest absolute Gasteiger partial charge is 0.190 e. The second kappa shape index (κ2) is 5.59. The molecule has 0 aliphatic heterocycles. The van der Waals surface area contributed by atoms with Crippen LogP contribution >= 0.6 is 11.3 Å². The maximum absolute atomic E-state index is 5.95. The Bertz CT molecular complexity index is 566. The van der Waals surface area contributed by atoms with Gasteiger partial charge in [0.25, 0.3) is 0 Å². The summed E-state index contributed by atoms with van der Waals surface area (Å²) in [4.78, 5) is 7.74. The van der Waals surface area contributed by atoms with Crippen molar-refractivity contribution in [2.24, 2.45) is 5.73 Å². The van der Waals surface area contributed by atoms with Gasteiger partial charge < -0.3 is 15.4 Å². The predicted molar refractivity (Wildman–Crippen MR) is 80.5 cm³/mol. The third kappa shape index (κ3) is 2.72. The van der Waals surface area contributed by atoms with Crippen molar-refractivity contribution in [2.45, 2.75) is 19.9 Å². The summed E-state index contributed by atoms with van der Waals surface area (Å²) in [5.74, 6) is 0.834. The van der Waals surface area contributed by atoms with Crippen molar-refractivity contribution in [3.05, 3.63) is 34.8 Å². The first kappa shape index (κ1) is 13.8. The van der Waals surface area contributed by atoms with Gasteiger partial charge in [-0.25, -0.2) is 4.98 Å². The Balaban J connectivity index is 2.38. The van der Waals surface area contributed by atoms with E-state index in [0.29, 0.717) is 0 Å². The Labute approximate surface area is 117 Å². The Morgan fingerprint density at radius 2 is 2.05 bits per heavy atom. The molecule has 0 amide bonds. The molecular formula is C14H19N3OS. The molecule has 0 aliphatic carbocycles. The molecule has 19 heavy (non-hydrogen) atoms. The SMILES string of the molecule is COc1ccccc1N(C)c1nc(C)c(C(C)N)s1. The predicted octanol–water partition coefficient (Wildman–Crippen LogP) is 3.25. The lowest BCUT2D eigenvalue weighted by Crippen LogP contribution is -2.10. The van der Waals surface area contributed by atoms with Crippen LogP contribution in [0.2, 0.25) is 0 Å². The zero-order chi connectivity index (χ0) is 14.0. The zero-order valence-electron chi connectivity index (χ0n) is 11.7. The molecule has 2 aromatic rings. The fourth-order valence-electron chi connectivity index (χ4n) is 1.97. The largest absolute Gasteiger partial charge is 0.495 e. The number of para-hydroxylation sites is 2. The van der Waals surface area contributed by atoms with E-state index in [1.807, 2.05) is 50.1 Å². The quantitative estimate of drug-likeness (QED) is 0.932. The fourth-order valence-corrected chi connectivity index (χ4v) is 2.96. The van der Waals surface area contributed by atoms with E-state index in [1.54, 1.807) is 18.4 Å². The first-order valence-corrected chi connectivity index (χ1v) is 6.96. The Kier molecular flexibility index (Phi) is 4.07. The number of nitrogens with two attached hydrogens (primary N) is 1. The van der Waals surface area contributed by atoms with E-state index in [2.05, 4.69) is 4.98 Å². The summed E-state index contributed by atoms with van der Waals surface area (Å²) >= 11 is 1.62. The number of aromatic nitrogens is 1. The molecule has 0 bridgehead atoms. The van der Waals surface area contributed by atoms with Crippen LogP contribution < -0.4 is 15.4 Å².